The predicted octanol–water partition coefficient (Wildman–Crippen LogP) is 2.80. The molecule has 5 heteroatoms. The molecular formula is C12H12N4S. The van der Waals surface area contributed by atoms with E-state index in [1.165, 1.54) is 5.56 Å². The highest BCUT2D eigenvalue weighted by molar-refractivity contribution is 7.17. The molecule has 86 valence electrons. The van der Waals surface area contributed by atoms with E-state index in [-0.39, 0.29) is 0 Å². The Morgan fingerprint density at radius 1 is 1.18 bits per heavy atom. The lowest BCUT2D eigenvalue weighted by molar-refractivity contribution is 0.811. The minimum atomic E-state index is 0.874. The molecule has 0 saturated carbocycles. The van der Waals surface area contributed by atoms with Crippen LogP contribution in [0.3, 0.4) is 0 Å². The molecule has 3 rings (SSSR count). The van der Waals surface area contributed by atoms with Gasteiger partial charge in [-0.2, -0.15) is 5.10 Å². The molecule has 3 heterocycles. The lowest BCUT2D eigenvalue weighted by atomic mass is 10.3. The third kappa shape index (κ3) is 1.54. The maximum Gasteiger partial charge on any atom is 0.174 e. The summed E-state index contributed by atoms with van der Waals surface area (Å²) < 4.78 is 2.98. The highest BCUT2D eigenvalue weighted by Gasteiger charge is 2.12. The van der Waals surface area contributed by atoms with E-state index >= 15 is 0 Å². The predicted molar refractivity (Wildman–Crippen MR) is 68.7 cm³/mol. The van der Waals surface area contributed by atoms with E-state index in [0.717, 1.165) is 27.4 Å². The molecule has 0 spiro atoms. The molecule has 17 heavy (non-hydrogen) atoms. The van der Waals surface area contributed by atoms with E-state index in [1.807, 2.05) is 18.5 Å². The third-order valence-electron chi connectivity index (χ3n) is 2.72. The highest BCUT2D eigenvalue weighted by Crippen LogP contribution is 2.27. The van der Waals surface area contributed by atoms with Gasteiger partial charge in [0.25, 0.3) is 0 Å². The number of thiophene rings is 1. The Morgan fingerprint density at radius 2 is 2.00 bits per heavy atom. The molecule has 0 saturated heterocycles. The van der Waals surface area contributed by atoms with Gasteiger partial charge >= 0.3 is 0 Å². The molecule has 0 unspecified atom stereocenters. The quantitative estimate of drug-likeness (QED) is 0.661. The van der Waals surface area contributed by atoms with Crippen LogP contribution < -0.4 is 0 Å². The van der Waals surface area contributed by atoms with Crippen molar-refractivity contribution in [2.75, 3.05) is 0 Å². The fraction of sp³-hybridized carbons (Fsp3) is 0.250. The number of rotatable bonds is 1. The van der Waals surface area contributed by atoms with Crippen LogP contribution in [-0.2, 0) is 0 Å². The molecule has 0 atom stereocenters. The first-order valence-corrected chi connectivity index (χ1v) is 6.27. The molecule has 0 radical (unpaired) electrons. The number of aryl methyl sites for hydroxylation is 3. The molecule has 0 aliphatic heterocycles. The van der Waals surface area contributed by atoms with Crippen LogP contribution in [0.5, 0.6) is 0 Å². The molecule has 0 bridgehead atoms. The van der Waals surface area contributed by atoms with Gasteiger partial charge in [-0.15, -0.1) is 11.3 Å². The van der Waals surface area contributed by atoms with Gasteiger partial charge in [0.1, 0.15) is 6.33 Å². The summed E-state index contributed by atoms with van der Waals surface area (Å²) in [5.41, 5.74) is 4.30. The lowest BCUT2D eigenvalue weighted by Crippen LogP contribution is -2.02. The Bertz CT molecular complexity index is 696. The molecule has 0 aliphatic carbocycles. The summed E-state index contributed by atoms with van der Waals surface area (Å²) in [4.78, 5) is 8.69. The molecule has 3 aromatic rings. The van der Waals surface area contributed by atoms with E-state index < -0.39 is 0 Å². The molecule has 0 fully saturated rings. The summed E-state index contributed by atoms with van der Waals surface area (Å²) in [5.74, 6) is 0.874. The van der Waals surface area contributed by atoms with E-state index in [9.17, 15) is 0 Å². The molecule has 4 nitrogen and oxygen atoms in total. The zero-order valence-electron chi connectivity index (χ0n) is 9.93. The number of hydrogen-bond donors (Lipinski definition) is 0. The van der Waals surface area contributed by atoms with Gasteiger partial charge < -0.3 is 0 Å². The lowest BCUT2D eigenvalue weighted by Gasteiger charge is -2.03. The molecular weight excluding hydrogens is 232 g/mol. The standard InChI is InChI=1S/C12H12N4S/c1-7-5-17-11-10(7)13-6-14-12(11)16-9(3)4-8(2)15-16/h4-6H,1-3H3. The summed E-state index contributed by atoms with van der Waals surface area (Å²) in [7, 11) is 0. The summed E-state index contributed by atoms with van der Waals surface area (Å²) in [6.07, 6.45) is 1.60. The van der Waals surface area contributed by atoms with E-state index in [4.69, 9.17) is 0 Å². The van der Waals surface area contributed by atoms with Crippen LogP contribution in [0.4, 0.5) is 0 Å². The maximum absolute atomic E-state index is 4.47. The molecule has 3 aromatic heterocycles. The Hall–Kier alpha value is -1.75. The molecule has 0 aromatic carbocycles. The van der Waals surface area contributed by atoms with Gasteiger partial charge in [0.05, 0.1) is 15.9 Å². The van der Waals surface area contributed by atoms with Gasteiger partial charge in [0, 0.05) is 5.69 Å². The zero-order valence-corrected chi connectivity index (χ0v) is 10.7. The number of hydrogen-bond acceptors (Lipinski definition) is 4. The molecule has 0 N–H and O–H groups in total. The van der Waals surface area contributed by atoms with Crippen molar-refractivity contribution >= 4 is 21.6 Å². The minimum absolute atomic E-state index is 0.874. The second-order valence-electron chi connectivity index (χ2n) is 4.13. The summed E-state index contributed by atoms with van der Waals surface area (Å²) in [6.45, 7) is 6.09. The first kappa shape index (κ1) is 10.4. The van der Waals surface area contributed by atoms with E-state index in [2.05, 4.69) is 33.4 Å². The van der Waals surface area contributed by atoms with Crippen molar-refractivity contribution in [2.24, 2.45) is 0 Å². The summed E-state index contributed by atoms with van der Waals surface area (Å²) in [5, 5.41) is 6.58. The van der Waals surface area contributed by atoms with Gasteiger partial charge in [-0.3, -0.25) is 0 Å². The van der Waals surface area contributed by atoms with Crippen LogP contribution >= 0.6 is 11.3 Å². The largest absolute Gasteiger partial charge is 0.235 e. The van der Waals surface area contributed by atoms with Crippen LogP contribution in [0.15, 0.2) is 17.8 Å². The van der Waals surface area contributed by atoms with Crippen molar-refractivity contribution in [3.8, 4) is 5.82 Å². The Labute approximate surface area is 103 Å². The van der Waals surface area contributed by atoms with Crippen LogP contribution in [0.1, 0.15) is 17.0 Å². The van der Waals surface area contributed by atoms with Crippen molar-refractivity contribution in [3.63, 3.8) is 0 Å². The average Bonchev–Trinajstić information content (AvgIpc) is 2.83. The summed E-state index contributed by atoms with van der Waals surface area (Å²) in [6, 6.07) is 2.05. The highest BCUT2D eigenvalue weighted by atomic mass is 32.1. The van der Waals surface area contributed by atoms with Crippen LogP contribution in [-0.4, -0.2) is 19.7 Å². The topological polar surface area (TPSA) is 43.6 Å². The molecule has 0 amide bonds. The first-order chi connectivity index (χ1) is 8.16. The second-order valence-corrected chi connectivity index (χ2v) is 5.01. The van der Waals surface area contributed by atoms with Crippen molar-refractivity contribution in [2.45, 2.75) is 20.8 Å². The SMILES string of the molecule is Cc1cc(C)n(-c2ncnc3c(C)csc23)n1. The monoisotopic (exact) mass is 244 g/mol. The number of fused-ring (bicyclic) bond motifs is 1. The number of nitrogens with zero attached hydrogens (tertiary/aromatic N) is 4. The minimum Gasteiger partial charge on any atom is -0.235 e. The van der Waals surface area contributed by atoms with E-state index in [1.54, 1.807) is 17.7 Å². The van der Waals surface area contributed by atoms with Crippen LogP contribution in [0, 0.1) is 20.8 Å². The maximum atomic E-state index is 4.47. The van der Waals surface area contributed by atoms with Crippen molar-refractivity contribution in [3.05, 3.63) is 34.7 Å². The fourth-order valence-corrected chi connectivity index (χ4v) is 2.93. The second kappa shape index (κ2) is 3.63. The van der Waals surface area contributed by atoms with E-state index in [0.29, 0.717) is 0 Å². The Kier molecular flexibility index (Phi) is 2.22. The average molecular weight is 244 g/mol. The Balaban J connectivity index is 2.34. The summed E-state index contributed by atoms with van der Waals surface area (Å²) >= 11 is 1.67. The van der Waals surface area contributed by atoms with Gasteiger partial charge in [-0.25, -0.2) is 14.6 Å². The van der Waals surface area contributed by atoms with Crippen LogP contribution in [0.2, 0.25) is 0 Å². The van der Waals surface area contributed by atoms with Crippen molar-refractivity contribution < 1.29 is 0 Å². The van der Waals surface area contributed by atoms with Crippen molar-refractivity contribution in [1.29, 1.82) is 0 Å². The van der Waals surface area contributed by atoms with Gasteiger partial charge in [-0.1, -0.05) is 0 Å². The van der Waals surface area contributed by atoms with Crippen LogP contribution in [0.25, 0.3) is 16.0 Å². The fourth-order valence-electron chi connectivity index (χ4n) is 1.95. The van der Waals surface area contributed by atoms with Gasteiger partial charge in [-0.05, 0) is 37.8 Å². The van der Waals surface area contributed by atoms with Crippen molar-refractivity contribution in [1.82, 2.24) is 19.7 Å². The van der Waals surface area contributed by atoms with Gasteiger partial charge in [0.2, 0.25) is 0 Å². The smallest absolute Gasteiger partial charge is 0.174 e. The zero-order chi connectivity index (χ0) is 12.0. The third-order valence-corrected chi connectivity index (χ3v) is 3.81. The molecule has 0 aliphatic rings. The first-order valence-electron chi connectivity index (χ1n) is 5.39. The normalized spacial score (nSPS) is 11.2. The van der Waals surface area contributed by atoms with Gasteiger partial charge in [0.15, 0.2) is 5.82 Å². The Morgan fingerprint density at radius 3 is 2.71 bits per heavy atom. The number of aromatic nitrogens is 4.